The van der Waals surface area contributed by atoms with E-state index in [2.05, 4.69) is 35.0 Å². The summed E-state index contributed by atoms with van der Waals surface area (Å²) >= 11 is 0. The molecule has 0 bridgehead atoms. The summed E-state index contributed by atoms with van der Waals surface area (Å²) in [7, 11) is 0. The Labute approximate surface area is 133 Å². The first-order valence-electron chi connectivity index (χ1n) is 8.58. The van der Waals surface area contributed by atoms with Gasteiger partial charge in [-0.05, 0) is 51.0 Å². The molecule has 5 heteroatoms. The first-order chi connectivity index (χ1) is 10.5. The summed E-state index contributed by atoms with van der Waals surface area (Å²) < 4.78 is 2.09. The molecule has 0 spiro atoms. The fraction of sp³-hybridized carbons (Fsp3) is 0.765. The Morgan fingerprint density at radius 1 is 1.45 bits per heavy atom. The van der Waals surface area contributed by atoms with Crippen molar-refractivity contribution in [1.82, 2.24) is 20.0 Å². The van der Waals surface area contributed by atoms with Gasteiger partial charge in [-0.3, -0.25) is 4.68 Å². The summed E-state index contributed by atoms with van der Waals surface area (Å²) in [6, 6.07) is 2.52. The number of hydrogen-bond acceptors (Lipinski definition) is 2. The maximum atomic E-state index is 12.4. The number of nitrogens with one attached hydrogen (secondary N) is 1. The maximum Gasteiger partial charge on any atom is 0.317 e. The molecule has 3 rings (SSSR count). The lowest BCUT2D eigenvalue weighted by molar-refractivity contribution is 0.122. The van der Waals surface area contributed by atoms with E-state index in [1.807, 2.05) is 11.8 Å². The minimum absolute atomic E-state index is 0.101. The third-order valence-corrected chi connectivity index (χ3v) is 5.62. The van der Waals surface area contributed by atoms with Gasteiger partial charge in [0, 0.05) is 25.3 Å². The smallest absolute Gasteiger partial charge is 0.317 e. The number of carbonyl (C=O) groups is 1. The second-order valence-electron chi connectivity index (χ2n) is 7.13. The molecule has 1 aromatic rings. The van der Waals surface area contributed by atoms with E-state index in [1.54, 1.807) is 0 Å². The molecule has 22 heavy (non-hydrogen) atoms. The first-order valence-corrected chi connectivity index (χ1v) is 8.58. The van der Waals surface area contributed by atoms with Crippen LogP contribution in [0.3, 0.4) is 0 Å². The van der Waals surface area contributed by atoms with Crippen molar-refractivity contribution in [3.05, 3.63) is 17.5 Å². The molecule has 1 atom stereocenters. The van der Waals surface area contributed by atoms with Crippen molar-refractivity contribution in [3.63, 3.8) is 0 Å². The van der Waals surface area contributed by atoms with E-state index in [4.69, 9.17) is 0 Å². The zero-order valence-corrected chi connectivity index (χ0v) is 14.1. The SMILES string of the molecule is CCC1(CNC(=O)N2CC[C@H](n3nc(C)cc3C)C2)CCC1. The van der Waals surface area contributed by atoms with Crippen LogP contribution in [-0.2, 0) is 0 Å². The van der Waals surface area contributed by atoms with E-state index in [-0.39, 0.29) is 6.03 Å². The van der Waals surface area contributed by atoms with Crippen LogP contribution in [0.4, 0.5) is 4.79 Å². The van der Waals surface area contributed by atoms with Crippen molar-refractivity contribution < 1.29 is 4.79 Å². The molecule has 1 N–H and O–H groups in total. The molecule has 122 valence electrons. The van der Waals surface area contributed by atoms with Crippen LogP contribution in [-0.4, -0.2) is 40.3 Å². The third kappa shape index (κ3) is 2.85. The van der Waals surface area contributed by atoms with Gasteiger partial charge in [0.05, 0.1) is 11.7 Å². The normalized spacial score (nSPS) is 23.4. The predicted octanol–water partition coefficient (Wildman–Crippen LogP) is 3.04. The van der Waals surface area contributed by atoms with Gasteiger partial charge in [-0.2, -0.15) is 5.10 Å². The second kappa shape index (κ2) is 5.94. The lowest BCUT2D eigenvalue weighted by atomic mass is 9.67. The summed E-state index contributed by atoms with van der Waals surface area (Å²) in [4.78, 5) is 14.3. The van der Waals surface area contributed by atoms with Crippen molar-refractivity contribution in [3.8, 4) is 0 Å². The van der Waals surface area contributed by atoms with Gasteiger partial charge in [-0.25, -0.2) is 4.79 Å². The molecule has 2 amide bonds. The van der Waals surface area contributed by atoms with Gasteiger partial charge in [-0.15, -0.1) is 0 Å². The zero-order chi connectivity index (χ0) is 15.7. The van der Waals surface area contributed by atoms with Crippen LogP contribution < -0.4 is 5.32 Å². The number of aromatic nitrogens is 2. The maximum absolute atomic E-state index is 12.4. The van der Waals surface area contributed by atoms with Crippen molar-refractivity contribution in [2.24, 2.45) is 5.41 Å². The standard InChI is InChI=1S/C17H28N4O/c1-4-17(7-5-8-17)12-18-16(22)20-9-6-15(11-20)21-14(3)10-13(2)19-21/h10,15H,4-9,11-12H2,1-3H3,(H,18,22)/t15-/m0/s1. The van der Waals surface area contributed by atoms with Crippen LogP contribution in [0.1, 0.15) is 56.5 Å². The van der Waals surface area contributed by atoms with E-state index in [0.29, 0.717) is 11.5 Å². The molecule has 1 aliphatic carbocycles. The molecular formula is C17H28N4O. The van der Waals surface area contributed by atoms with Crippen molar-refractivity contribution >= 4 is 6.03 Å². The molecular weight excluding hydrogens is 276 g/mol. The summed E-state index contributed by atoms with van der Waals surface area (Å²) in [5, 5.41) is 7.73. The predicted molar refractivity (Wildman–Crippen MR) is 86.9 cm³/mol. The van der Waals surface area contributed by atoms with E-state index in [1.165, 1.54) is 31.4 Å². The molecule has 0 radical (unpaired) electrons. The number of aryl methyl sites for hydroxylation is 2. The van der Waals surface area contributed by atoms with Gasteiger partial charge in [0.25, 0.3) is 0 Å². The van der Waals surface area contributed by atoms with Crippen molar-refractivity contribution in [2.75, 3.05) is 19.6 Å². The number of likely N-dealkylation sites (tertiary alicyclic amines) is 1. The monoisotopic (exact) mass is 304 g/mol. The third-order valence-electron chi connectivity index (χ3n) is 5.62. The van der Waals surface area contributed by atoms with Gasteiger partial charge in [-0.1, -0.05) is 13.3 Å². The van der Waals surface area contributed by atoms with E-state index >= 15 is 0 Å². The van der Waals surface area contributed by atoms with Crippen LogP contribution >= 0.6 is 0 Å². The van der Waals surface area contributed by atoms with Gasteiger partial charge in [0.1, 0.15) is 0 Å². The van der Waals surface area contributed by atoms with Gasteiger partial charge in [0.15, 0.2) is 0 Å². The van der Waals surface area contributed by atoms with Crippen molar-refractivity contribution in [1.29, 1.82) is 0 Å². The van der Waals surface area contributed by atoms with Crippen LogP contribution in [0, 0.1) is 19.3 Å². The Hall–Kier alpha value is -1.52. The molecule has 2 heterocycles. The van der Waals surface area contributed by atoms with Crippen LogP contribution in [0.2, 0.25) is 0 Å². The average molecular weight is 304 g/mol. The van der Waals surface area contributed by atoms with Gasteiger partial charge >= 0.3 is 6.03 Å². The highest BCUT2D eigenvalue weighted by molar-refractivity contribution is 5.74. The first kappa shape index (κ1) is 15.4. The second-order valence-corrected chi connectivity index (χ2v) is 7.13. The summed E-state index contributed by atoms with van der Waals surface area (Å²) in [6.45, 7) is 8.78. The molecule has 0 unspecified atom stereocenters. The molecule has 1 aliphatic heterocycles. The summed E-state index contributed by atoms with van der Waals surface area (Å²) in [6.07, 6.45) is 6.00. The number of amides is 2. The lowest BCUT2D eigenvalue weighted by Crippen LogP contribution is -2.46. The highest BCUT2D eigenvalue weighted by atomic mass is 16.2. The highest BCUT2D eigenvalue weighted by Gasteiger charge is 2.36. The highest BCUT2D eigenvalue weighted by Crippen LogP contribution is 2.43. The van der Waals surface area contributed by atoms with Crippen LogP contribution in [0.5, 0.6) is 0 Å². The largest absolute Gasteiger partial charge is 0.337 e. The Bertz CT molecular complexity index is 541. The Morgan fingerprint density at radius 3 is 2.77 bits per heavy atom. The Morgan fingerprint density at radius 2 is 2.23 bits per heavy atom. The topological polar surface area (TPSA) is 50.2 Å². The van der Waals surface area contributed by atoms with Crippen LogP contribution in [0.15, 0.2) is 6.07 Å². The molecule has 0 aromatic carbocycles. The van der Waals surface area contributed by atoms with Gasteiger partial charge < -0.3 is 10.2 Å². The minimum atomic E-state index is 0.101. The number of hydrogen-bond donors (Lipinski definition) is 1. The average Bonchev–Trinajstić information content (AvgIpc) is 3.04. The van der Waals surface area contributed by atoms with Crippen LogP contribution in [0.25, 0.3) is 0 Å². The molecule has 2 fully saturated rings. The number of rotatable bonds is 4. The number of urea groups is 1. The molecule has 2 aliphatic rings. The molecule has 1 saturated carbocycles. The summed E-state index contributed by atoms with van der Waals surface area (Å²) in [5.41, 5.74) is 2.62. The lowest BCUT2D eigenvalue weighted by Gasteiger charge is -2.41. The quantitative estimate of drug-likeness (QED) is 0.929. The Kier molecular flexibility index (Phi) is 4.15. The fourth-order valence-corrected chi connectivity index (χ4v) is 3.85. The summed E-state index contributed by atoms with van der Waals surface area (Å²) in [5.74, 6) is 0. The van der Waals surface area contributed by atoms with E-state index < -0.39 is 0 Å². The fourth-order valence-electron chi connectivity index (χ4n) is 3.85. The number of nitrogens with zero attached hydrogens (tertiary/aromatic N) is 3. The zero-order valence-electron chi connectivity index (χ0n) is 14.1. The molecule has 1 aromatic heterocycles. The Balaban J connectivity index is 1.53. The minimum Gasteiger partial charge on any atom is -0.337 e. The van der Waals surface area contributed by atoms with Crippen molar-refractivity contribution in [2.45, 2.75) is 58.9 Å². The van der Waals surface area contributed by atoms with Gasteiger partial charge in [0.2, 0.25) is 0 Å². The molecule has 1 saturated heterocycles. The van der Waals surface area contributed by atoms with E-state index in [9.17, 15) is 4.79 Å². The molecule has 5 nitrogen and oxygen atoms in total. The number of carbonyl (C=O) groups excluding carboxylic acids is 1. The van der Waals surface area contributed by atoms with E-state index in [0.717, 1.165) is 31.7 Å².